The number of amides is 1. The van der Waals surface area contributed by atoms with Crippen LogP contribution in [0.3, 0.4) is 0 Å². The topological polar surface area (TPSA) is 75.7 Å². The second-order valence-corrected chi connectivity index (χ2v) is 9.09. The molecule has 160 valence electrons. The van der Waals surface area contributed by atoms with Gasteiger partial charge in [0.05, 0.1) is 23.2 Å². The minimum absolute atomic E-state index is 0.144. The Bertz CT molecular complexity index is 1160. The van der Waals surface area contributed by atoms with Crippen molar-refractivity contribution in [2.24, 2.45) is 0 Å². The lowest BCUT2D eigenvalue weighted by molar-refractivity contribution is 0.0924. The molecule has 31 heavy (non-hydrogen) atoms. The maximum atomic E-state index is 13.1. The van der Waals surface area contributed by atoms with Gasteiger partial charge in [-0.15, -0.1) is 0 Å². The van der Waals surface area contributed by atoms with Crippen LogP contribution >= 0.6 is 0 Å². The molecule has 1 N–H and O–H groups in total. The molecule has 0 unspecified atom stereocenters. The van der Waals surface area contributed by atoms with Gasteiger partial charge in [-0.25, -0.2) is 8.42 Å². The van der Waals surface area contributed by atoms with Crippen molar-refractivity contribution in [3.63, 3.8) is 0 Å². The number of fused-ring (bicyclic) bond motifs is 1. The van der Waals surface area contributed by atoms with Gasteiger partial charge in [0, 0.05) is 24.1 Å². The van der Waals surface area contributed by atoms with Crippen LogP contribution in [0, 0.1) is 0 Å². The quantitative estimate of drug-likeness (QED) is 0.630. The number of hydrogen-bond donors (Lipinski definition) is 1. The van der Waals surface area contributed by atoms with Gasteiger partial charge in [0.15, 0.2) is 0 Å². The van der Waals surface area contributed by atoms with Crippen molar-refractivity contribution in [1.82, 2.24) is 5.32 Å². The molecule has 0 saturated heterocycles. The number of carbonyl (C=O) groups excluding carboxylic acids is 1. The summed E-state index contributed by atoms with van der Waals surface area (Å²) >= 11 is 0. The maximum Gasteiger partial charge on any atom is 0.264 e. The molecule has 1 aliphatic rings. The van der Waals surface area contributed by atoms with Crippen LogP contribution in [0.1, 0.15) is 35.3 Å². The molecule has 0 bridgehead atoms. The Morgan fingerprint density at radius 1 is 1.00 bits per heavy atom. The number of rotatable bonds is 6. The van der Waals surface area contributed by atoms with Gasteiger partial charge >= 0.3 is 0 Å². The molecule has 0 aromatic heterocycles. The van der Waals surface area contributed by atoms with Gasteiger partial charge in [0.1, 0.15) is 5.75 Å². The lowest BCUT2D eigenvalue weighted by Crippen LogP contribution is -2.32. The molecule has 7 heteroatoms. The minimum Gasteiger partial charge on any atom is -0.493 e. The number of hydrogen-bond acceptors (Lipinski definition) is 4. The van der Waals surface area contributed by atoms with E-state index in [9.17, 15) is 13.2 Å². The number of nitrogens with one attached hydrogen (secondary N) is 1. The van der Waals surface area contributed by atoms with Crippen molar-refractivity contribution in [2.45, 2.75) is 24.3 Å². The van der Waals surface area contributed by atoms with E-state index in [1.807, 2.05) is 30.3 Å². The normalized spacial score (nSPS) is 15.5. The third-order valence-corrected chi connectivity index (χ3v) is 7.22. The third kappa shape index (κ3) is 4.27. The molecule has 3 aromatic carbocycles. The summed E-state index contributed by atoms with van der Waals surface area (Å²) in [5, 5.41) is 3.03. The average molecular weight is 437 g/mol. The average Bonchev–Trinajstić information content (AvgIpc) is 2.80. The predicted octanol–water partition coefficient (Wildman–Crippen LogP) is 4.16. The number of sulfonamides is 1. The zero-order chi connectivity index (χ0) is 21.8. The molecule has 0 saturated carbocycles. The van der Waals surface area contributed by atoms with Gasteiger partial charge < -0.3 is 10.1 Å². The van der Waals surface area contributed by atoms with Crippen LogP contribution in [-0.4, -0.2) is 27.5 Å². The van der Waals surface area contributed by atoms with Crippen molar-refractivity contribution >= 4 is 21.6 Å². The highest BCUT2D eigenvalue weighted by Gasteiger charge is 2.25. The molecule has 0 fully saturated rings. The Labute approximate surface area is 182 Å². The number of para-hydroxylation sites is 2. The Hall–Kier alpha value is -3.32. The van der Waals surface area contributed by atoms with Crippen molar-refractivity contribution in [3.05, 3.63) is 90.0 Å². The predicted molar refractivity (Wildman–Crippen MR) is 120 cm³/mol. The van der Waals surface area contributed by atoms with Crippen LogP contribution in [0.4, 0.5) is 5.69 Å². The van der Waals surface area contributed by atoms with Crippen LogP contribution in [0.15, 0.2) is 83.8 Å². The van der Waals surface area contributed by atoms with Crippen molar-refractivity contribution in [3.8, 4) is 5.75 Å². The minimum atomic E-state index is -3.73. The van der Waals surface area contributed by atoms with E-state index in [1.165, 1.54) is 16.4 Å². The van der Waals surface area contributed by atoms with E-state index >= 15 is 0 Å². The molecule has 6 nitrogen and oxygen atoms in total. The van der Waals surface area contributed by atoms with Crippen LogP contribution in [0.5, 0.6) is 5.75 Å². The first kappa shape index (κ1) is 20.9. The van der Waals surface area contributed by atoms with Crippen LogP contribution in [0.25, 0.3) is 0 Å². The fourth-order valence-corrected chi connectivity index (χ4v) is 5.20. The SMILES string of the molecule is CCN(c1ccccc1)S(=O)(=O)c1ccc(C(=O)N[C@H]2CCOc3ccccc32)cc1. The van der Waals surface area contributed by atoms with E-state index < -0.39 is 10.0 Å². The van der Waals surface area contributed by atoms with E-state index in [0.717, 1.165) is 11.3 Å². The lowest BCUT2D eigenvalue weighted by Gasteiger charge is -2.26. The van der Waals surface area contributed by atoms with Crippen molar-refractivity contribution in [1.29, 1.82) is 0 Å². The van der Waals surface area contributed by atoms with E-state index in [2.05, 4.69) is 5.32 Å². The number of carbonyl (C=O) groups is 1. The van der Waals surface area contributed by atoms with Gasteiger partial charge in [0.25, 0.3) is 15.9 Å². The maximum absolute atomic E-state index is 13.1. The molecule has 4 rings (SSSR count). The fourth-order valence-electron chi connectivity index (χ4n) is 3.72. The van der Waals surface area contributed by atoms with Gasteiger partial charge in [-0.2, -0.15) is 0 Å². The monoisotopic (exact) mass is 436 g/mol. The van der Waals surface area contributed by atoms with Crippen molar-refractivity contribution in [2.75, 3.05) is 17.5 Å². The number of nitrogens with zero attached hydrogens (tertiary/aromatic N) is 1. The highest BCUT2D eigenvalue weighted by molar-refractivity contribution is 7.92. The fraction of sp³-hybridized carbons (Fsp3) is 0.208. The summed E-state index contributed by atoms with van der Waals surface area (Å²) < 4.78 is 33.2. The Balaban J connectivity index is 1.52. The summed E-state index contributed by atoms with van der Waals surface area (Å²) in [6.07, 6.45) is 0.678. The Kier molecular flexibility index (Phi) is 5.95. The smallest absolute Gasteiger partial charge is 0.264 e. The second kappa shape index (κ2) is 8.81. The summed E-state index contributed by atoms with van der Waals surface area (Å²) in [5.74, 6) is 0.530. The molecule has 3 aromatic rings. The van der Waals surface area contributed by atoms with E-state index in [1.54, 1.807) is 43.3 Å². The summed E-state index contributed by atoms with van der Waals surface area (Å²) in [6, 6.07) is 22.5. The molecule has 1 amide bonds. The molecule has 0 radical (unpaired) electrons. The van der Waals surface area contributed by atoms with Gasteiger partial charge in [-0.05, 0) is 49.4 Å². The molecule has 1 heterocycles. The van der Waals surface area contributed by atoms with Gasteiger partial charge in [-0.3, -0.25) is 9.10 Å². The van der Waals surface area contributed by atoms with E-state index in [4.69, 9.17) is 4.74 Å². The lowest BCUT2D eigenvalue weighted by atomic mass is 10.00. The molecular weight excluding hydrogens is 412 g/mol. The number of benzene rings is 3. The van der Waals surface area contributed by atoms with Gasteiger partial charge in [0.2, 0.25) is 0 Å². The Morgan fingerprint density at radius 3 is 2.39 bits per heavy atom. The molecule has 1 atom stereocenters. The van der Waals surface area contributed by atoms with E-state index in [0.29, 0.717) is 30.8 Å². The first-order valence-corrected chi connectivity index (χ1v) is 11.6. The third-order valence-electron chi connectivity index (χ3n) is 5.30. The zero-order valence-corrected chi connectivity index (χ0v) is 18.0. The van der Waals surface area contributed by atoms with E-state index in [-0.39, 0.29) is 16.8 Å². The molecule has 1 aliphatic heterocycles. The standard InChI is InChI=1S/C24H24N2O4S/c1-2-26(19-8-4-3-5-9-19)31(28,29)20-14-12-18(13-15-20)24(27)25-22-16-17-30-23-11-7-6-10-21(22)23/h3-15,22H,2,16-17H2,1H3,(H,25,27)/t22-/m0/s1. The largest absolute Gasteiger partial charge is 0.493 e. The van der Waals surface area contributed by atoms with Crippen LogP contribution in [0.2, 0.25) is 0 Å². The number of ether oxygens (including phenoxy) is 1. The first-order valence-electron chi connectivity index (χ1n) is 10.2. The van der Waals surface area contributed by atoms with Crippen LogP contribution < -0.4 is 14.4 Å². The van der Waals surface area contributed by atoms with Crippen molar-refractivity contribution < 1.29 is 17.9 Å². The molecule has 0 spiro atoms. The summed E-state index contributed by atoms with van der Waals surface area (Å²) in [6.45, 7) is 2.63. The Morgan fingerprint density at radius 2 is 1.68 bits per heavy atom. The van der Waals surface area contributed by atoms with Crippen LogP contribution in [-0.2, 0) is 10.0 Å². The summed E-state index contributed by atoms with van der Waals surface area (Å²) in [4.78, 5) is 12.9. The highest BCUT2D eigenvalue weighted by atomic mass is 32.2. The summed E-state index contributed by atoms with van der Waals surface area (Å²) in [5.41, 5.74) is 1.96. The van der Waals surface area contributed by atoms with Gasteiger partial charge in [-0.1, -0.05) is 36.4 Å². The first-order chi connectivity index (χ1) is 15.0. The second-order valence-electron chi connectivity index (χ2n) is 7.23. The number of anilines is 1. The highest BCUT2D eigenvalue weighted by Crippen LogP contribution is 2.31. The molecular formula is C24H24N2O4S. The zero-order valence-electron chi connectivity index (χ0n) is 17.2. The molecule has 0 aliphatic carbocycles. The summed E-state index contributed by atoms with van der Waals surface area (Å²) in [7, 11) is -3.73.